The molecular weight excluding hydrogens is 716 g/mol. The number of nitrogens with zero attached hydrogens (tertiary/aromatic N) is 2. The first-order chi connectivity index (χ1) is 27.2. The van der Waals surface area contributed by atoms with Crippen molar-refractivity contribution < 1.29 is 0 Å². The summed E-state index contributed by atoms with van der Waals surface area (Å²) in [5.41, 5.74) is 15.4. The van der Waals surface area contributed by atoms with Gasteiger partial charge in [0.25, 0.3) is 0 Å². The van der Waals surface area contributed by atoms with Crippen LogP contribution in [0.1, 0.15) is 57.2 Å². The summed E-state index contributed by atoms with van der Waals surface area (Å²) >= 11 is 3.89. The number of aryl methyl sites for hydroxylation is 1. The Bertz CT molecular complexity index is 3410. The molecule has 0 bridgehead atoms. The van der Waals surface area contributed by atoms with Gasteiger partial charge in [0.2, 0.25) is 0 Å². The monoisotopic (exact) mass is 754 g/mol. The minimum Gasteiger partial charge on any atom is -0.367 e. The smallest absolute Gasteiger partial charge is 0.333 e. The van der Waals surface area contributed by atoms with Crippen LogP contribution < -0.4 is 15.8 Å². The molecule has 0 atom stereocenters. The molecule has 0 unspecified atom stereocenters. The Morgan fingerprint density at radius 2 is 1.25 bits per heavy atom. The Hall–Kier alpha value is -5.36. The zero-order valence-electron chi connectivity index (χ0n) is 32.2. The zero-order chi connectivity index (χ0) is 37.4. The molecular formula is C51H39BN2S2. The third-order valence-corrected chi connectivity index (χ3v) is 16.2. The average Bonchev–Trinajstić information content (AvgIpc) is 3.86. The minimum absolute atomic E-state index is 0.0155. The largest absolute Gasteiger partial charge is 0.367 e. The maximum absolute atomic E-state index is 2.76. The molecule has 3 aromatic heterocycles. The van der Waals surface area contributed by atoms with Crippen LogP contribution >= 0.6 is 22.7 Å². The summed E-state index contributed by atoms with van der Waals surface area (Å²) in [5.74, 6) is 0. The van der Waals surface area contributed by atoms with Gasteiger partial charge in [0.15, 0.2) is 0 Å². The second-order valence-electron chi connectivity index (χ2n) is 18.0. The molecule has 2 aliphatic heterocycles. The van der Waals surface area contributed by atoms with E-state index in [0.29, 0.717) is 0 Å². The second kappa shape index (κ2) is 10.5. The van der Waals surface area contributed by atoms with Crippen molar-refractivity contribution >= 4 is 120 Å². The van der Waals surface area contributed by atoms with Crippen LogP contribution in [-0.2, 0) is 10.8 Å². The summed E-state index contributed by atoms with van der Waals surface area (Å²) in [5, 5.41) is 9.42. The number of para-hydroxylation sites is 1. The quantitative estimate of drug-likeness (QED) is 0.152. The fourth-order valence-electron chi connectivity index (χ4n) is 11.1. The van der Waals surface area contributed by atoms with Gasteiger partial charge in [-0.2, -0.15) is 0 Å². The van der Waals surface area contributed by atoms with Crippen molar-refractivity contribution in [3.05, 3.63) is 138 Å². The lowest BCUT2D eigenvalue weighted by Crippen LogP contribution is -2.56. The lowest BCUT2D eigenvalue weighted by atomic mass is 9.45. The number of benzene rings is 7. The van der Waals surface area contributed by atoms with Crippen molar-refractivity contribution in [1.82, 2.24) is 4.48 Å². The van der Waals surface area contributed by atoms with E-state index in [2.05, 4.69) is 165 Å². The normalized spacial score (nSPS) is 16.4. The summed E-state index contributed by atoms with van der Waals surface area (Å²) in [6.45, 7) is 12.2. The summed E-state index contributed by atoms with van der Waals surface area (Å²) < 4.78 is 6.81. The first kappa shape index (κ1) is 31.8. The van der Waals surface area contributed by atoms with Crippen molar-refractivity contribution in [1.29, 1.82) is 0 Å². The van der Waals surface area contributed by atoms with E-state index in [1.54, 1.807) is 0 Å². The van der Waals surface area contributed by atoms with Gasteiger partial charge in [-0.15, -0.1) is 22.7 Å². The summed E-state index contributed by atoms with van der Waals surface area (Å²) in [7, 11) is 0. The van der Waals surface area contributed by atoms with Crippen LogP contribution in [0.5, 0.6) is 0 Å². The molecule has 0 fully saturated rings. The van der Waals surface area contributed by atoms with Gasteiger partial charge >= 0.3 is 6.85 Å². The van der Waals surface area contributed by atoms with Gasteiger partial charge in [0.05, 0.1) is 4.83 Å². The standard InChI is InChI=1S/C51H39BN2S2/c1-28-23-36-37(51(4,5)22-21-50(36,2)3)26-39(28)53-40-25-35-31-15-8-10-19-42(31)55-44(35)27-38(40)52-47-41(53)24-29-13-6-7-14-30(29)45(47)33-17-12-18-34-46-32-16-9-11-20-43(32)56-49(46)54(52)48(33)34/h6-20,23-27H,21-22H2,1-5H3. The van der Waals surface area contributed by atoms with E-state index >= 15 is 0 Å². The molecule has 5 heterocycles. The van der Waals surface area contributed by atoms with Crippen molar-refractivity contribution in [3.8, 4) is 11.1 Å². The lowest BCUT2D eigenvalue weighted by molar-refractivity contribution is 0.332. The molecule has 0 saturated heterocycles. The van der Waals surface area contributed by atoms with Crippen molar-refractivity contribution in [2.45, 2.75) is 58.3 Å². The number of fused-ring (bicyclic) bond motifs is 15. The molecule has 7 aromatic carbocycles. The van der Waals surface area contributed by atoms with E-state index < -0.39 is 0 Å². The fraction of sp³-hybridized carbons (Fsp3) is 0.176. The van der Waals surface area contributed by atoms with E-state index in [-0.39, 0.29) is 17.7 Å². The molecule has 0 radical (unpaired) electrons. The number of hydrogen-bond donors (Lipinski definition) is 0. The van der Waals surface area contributed by atoms with Crippen LogP contribution in [0, 0.1) is 6.92 Å². The molecule has 0 saturated carbocycles. The number of rotatable bonds is 1. The molecule has 3 aliphatic rings. The Kier molecular flexibility index (Phi) is 5.98. The first-order valence-corrected chi connectivity index (χ1v) is 21.7. The SMILES string of the molecule is Cc1cc2c(cc1N1c3cc4c(cc3B3c5c1cc1ccccc1c5-c1cccc5c6c7ccccc7sc6n3c15)sc1ccccc14)C(C)(C)CCC2(C)C. The fourth-order valence-corrected chi connectivity index (χ4v) is 13.5. The highest BCUT2D eigenvalue weighted by Gasteiger charge is 2.45. The molecule has 0 spiro atoms. The van der Waals surface area contributed by atoms with Gasteiger partial charge in [0.1, 0.15) is 0 Å². The molecule has 268 valence electrons. The Morgan fingerprint density at radius 1 is 0.571 bits per heavy atom. The Morgan fingerprint density at radius 3 is 2.05 bits per heavy atom. The highest BCUT2D eigenvalue weighted by atomic mass is 32.1. The van der Waals surface area contributed by atoms with Gasteiger partial charge < -0.3 is 9.38 Å². The molecule has 56 heavy (non-hydrogen) atoms. The lowest BCUT2D eigenvalue weighted by Gasteiger charge is -2.45. The van der Waals surface area contributed by atoms with E-state index in [1.165, 1.54) is 131 Å². The summed E-state index contributed by atoms with van der Waals surface area (Å²) in [4.78, 5) is 4.06. The van der Waals surface area contributed by atoms with Crippen LogP contribution in [0.4, 0.5) is 17.1 Å². The highest BCUT2D eigenvalue weighted by molar-refractivity contribution is 7.26. The van der Waals surface area contributed by atoms with Gasteiger partial charge in [-0.05, 0) is 111 Å². The first-order valence-electron chi connectivity index (χ1n) is 20.1. The third kappa shape index (κ3) is 3.88. The molecule has 2 nitrogen and oxygen atoms in total. The van der Waals surface area contributed by atoms with Crippen LogP contribution in [0.15, 0.2) is 121 Å². The van der Waals surface area contributed by atoms with Crippen molar-refractivity contribution in [3.63, 3.8) is 0 Å². The van der Waals surface area contributed by atoms with Gasteiger partial charge in [-0.25, -0.2) is 0 Å². The number of aromatic nitrogens is 1. The molecule has 13 rings (SSSR count). The molecule has 0 amide bonds. The topological polar surface area (TPSA) is 8.17 Å². The van der Waals surface area contributed by atoms with Crippen LogP contribution in [0.2, 0.25) is 0 Å². The summed E-state index contributed by atoms with van der Waals surface area (Å²) in [6.07, 6.45) is 2.39. The maximum atomic E-state index is 2.76. The predicted octanol–water partition coefficient (Wildman–Crippen LogP) is 13.6. The predicted molar refractivity (Wildman–Crippen MR) is 246 cm³/mol. The van der Waals surface area contributed by atoms with Gasteiger partial charge in [-0.3, -0.25) is 0 Å². The maximum Gasteiger partial charge on any atom is 0.333 e. The van der Waals surface area contributed by atoms with E-state index in [0.717, 1.165) is 0 Å². The van der Waals surface area contributed by atoms with Crippen molar-refractivity contribution in [2.75, 3.05) is 4.90 Å². The van der Waals surface area contributed by atoms with Crippen LogP contribution in [-0.4, -0.2) is 11.3 Å². The average molecular weight is 755 g/mol. The van der Waals surface area contributed by atoms with E-state index in [1.807, 2.05) is 22.7 Å². The molecule has 0 N–H and O–H groups in total. The van der Waals surface area contributed by atoms with Gasteiger partial charge in [0, 0.05) is 69.2 Å². The van der Waals surface area contributed by atoms with E-state index in [4.69, 9.17) is 0 Å². The number of anilines is 3. The number of thiophene rings is 2. The Balaban J connectivity index is 1.24. The zero-order valence-corrected chi connectivity index (χ0v) is 33.9. The summed E-state index contributed by atoms with van der Waals surface area (Å²) in [6, 6.07) is 47.0. The molecule has 10 aromatic rings. The molecule has 1 aliphatic carbocycles. The molecule has 5 heteroatoms. The van der Waals surface area contributed by atoms with Crippen LogP contribution in [0.3, 0.4) is 0 Å². The van der Waals surface area contributed by atoms with Crippen LogP contribution in [0.25, 0.3) is 73.3 Å². The van der Waals surface area contributed by atoms with E-state index in [9.17, 15) is 0 Å². The third-order valence-electron chi connectivity index (χ3n) is 13.9. The van der Waals surface area contributed by atoms with Crippen molar-refractivity contribution in [2.24, 2.45) is 0 Å². The second-order valence-corrected chi connectivity index (χ2v) is 20.1. The highest BCUT2D eigenvalue weighted by Crippen LogP contribution is 2.53. The number of hydrogen-bond acceptors (Lipinski definition) is 3. The Labute approximate surface area is 334 Å². The minimum atomic E-state index is 0.0155. The van der Waals surface area contributed by atoms with Gasteiger partial charge in [-0.1, -0.05) is 113 Å².